The topological polar surface area (TPSA) is 25.8 Å². The van der Waals surface area contributed by atoms with E-state index in [2.05, 4.69) is 43.9 Å². The third-order valence-corrected chi connectivity index (χ3v) is 4.91. The van der Waals surface area contributed by atoms with Crippen LogP contribution in [-0.4, -0.2) is 9.97 Å². The summed E-state index contributed by atoms with van der Waals surface area (Å²) in [5.41, 5.74) is 2.81. The number of hydrogen-bond donors (Lipinski definition) is 0. The lowest BCUT2D eigenvalue weighted by molar-refractivity contribution is 0.360. The summed E-state index contributed by atoms with van der Waals surface area (Å²) in [6, 6.07) is 0. The monoisotopic (exact) mass is 304 g/mol. The van der Waals surface area contributed by atoms with E-state index in [9.17, 15) is 0 Å². The van der Waals surface area contributed by atoms with E-state index in [1.807, 2.05) is 6.92 Å². The maximum Gasteiger partial charge on any atom is 0.125 e. The Morgan fingerprint density at radius 3 is 1.86 bits per heavy atom. The van der Waals surface area contributed by atoms with Crippen LogP contribution >= 0.6 is 0 Å². The van der Waals surface area contributed by atoms with E-state index in [4.69, 9.17) is 0 Å². The van der Waals surface area contributed by atoms with Crippen LogP contribution in [-0.2, 0) is 5.41 Å². The molecule has 0 spiro atoms. The number of nitrogens with zero attached hydrogens (tertiary/aromatic N) is 2. The molecule has 0 fully saturated rings. The second kappa shape index (κ2) is 9.97. The predicted molar refractivity (Wildman–Crippen MR) is 96.4 cm³/mol. The van der Waals surface area contributed by atoms with Crippen molar-refractivity contribution < 1.29 is 0 Å². The zero-order chi connectivity index (χ0) is 16.4. The molecule has 0 aromatic carbocycles. The van der Waals surface area contributed by atoms with E-state index in [0.717, 1.165) is 5.82 Å². The van der Waals surface area contributed by atoms with Gasteiger partial charge in [0.25, 0.3) is 0 Å². The van der Waals surface area contributed by atoms with Crippen molar-refractivity contribution in [3.8, 4) is 0 Å². The Morgan fingerprint density at radius 1 is 0.864 bits per heavy atom. The Kier molecular flexibility index (Phi) is 8.67. The van der Waals surface area contributed by atoms with Crippen LogP contribution in [0.2, 0.25) is 0 Å². The molecule has 0 saturated carbocycles. The highest BCUT2D eigenvalue weighted by atomic mass is 14.9. The Balaban J connectivity index is 2.79. The summed E-state index contributed by atoms with van der Waals surface area (Å²) in [6.45, 7) is 11.1. The first-order chi connectivity index (χ1) is 10.5. The van der Waals surface area contributed by atoms with Gasteiger partial charge in [-0.05, 0) is 37.7 Å². The van der Waals surface area contributed by atoms with Crippen molar-refractivity contribution in [3.05, 3.63) is 23.3 Å². The molecule has 0 bridgehead atoms. The summed E-state index contributed by atoms with van der Waals surface area (Å²) >= 11 is 0. The lowest BCUT2D eigenvalue weighted by Gasteiger charge is -2.31. The van der Waals surface area contributed by atoms with Crippen molar-refractivity contribution >= 4 is 0 Å². The first-order valence-electron chi connectivity index (χ1n) is 9.34. The van der Waals surface area contributed by atoms with Crippen molar-refractivity contribution in [2.24, 2.45) is 0 Å². The van der Waals surface area contributed by atoms with Gasteiger partial charge in [0.05, 0.1) is 0 Å². The van der Waals surface area contributed by atoms with E-state index < -0.39 is 0 Å². The first-order valence-corrected chi connectivity index (χ1v) is 9.34. The van der Waals surface area contributed by atoms with Crippen LogP contribution in [0.15, 0.2) is 6.20 Å². The average molecular weight is 305 g/mol. The molecule has 126 valence electrons. The minimum absolute atomic E-state index is 0.249. The highest BCUT2D eigenvalue weighted by molar-refractivity contribution is 5.26. The molecular formula is C20H36N2. The van der Waals surface area contributed by atoms with Gasteiger partial charge in [-0.25, -0.2) is 9.97 Å². The molecule has 1 heterocycles. The molecule has 0 radical (unpaired) electrons. The Bertz CT molecular complexity index is 414. The van der Waals surface area contributed by atoms with E-state index in [0.29, 0.717) is 0 Å². The van der Waals surface area contributed by atoms with Crippen molar-refractivity contribution in [2.45, 2.75) is 104 Å². The Morgan fingerprint density at radius 2 is 1.41 bits per heavy atom. The van der Waals surface area contributed by atoms with Gasteiger partial charge < -0.3 is 0 Å². The van der Waals surface area contributed by atoms with Gasteiger partial charge in [-0.1, -0.05) is 72.1 Å². The molecule has 0 aliphatic carbocycles. The second-order valence-corrected chi connectivity index (χ2v) is 7.10. The fraction of sp³-hybridized carbons (Fsp3) is 0.800. The minimum Gasteiger partial charge on any atom is -0.241 e. The summed E-state index contributed by atoms with van der Waals surface area (Å²) in [4.78, 5) is 9.10. The van der Waals surface area contributed by atoms with Crippen LogP contribution in [0.3, 0.4) is 0 Å². The zero-order valence-electron chi connectivity index (χ0n) is 15.5. The molecule has 1 aromatic heterocycles. The summed E-state index contributed by atoms with van der Waals surface area (Å²) < 4.78 is 0. The third kappa shape index (κ3) is 6.06. The van der Waals surface area contributed by atoms with Gasteiger partial charge >= 0.3 is 0 Å². The Labute approximate surface area is 138 Å². The Hall–Kier alpha value is -0.920. The molecule has 0 atom stereocenters. The third-order valence-electron chi connectivity index (χ3n) is 4.91. The predicted octanol–water partition coefficient (Wildman–Crippen LogP) is 6.29. The van der Waals surface area contributed by atoms with E-state index in [1.54, 1.807) is 0 Å². The van der Waals surface area contributed by atoms with Gasteiger partial charge in [-0.15, -0.1) is 0 Å². The maximum absolute atomic E-state index is 4.62. The lowest BCUT2D eigenvalue weighted by Crippen LogP contribution is -2.24. The fourth-order valence-electron chi connectivity index (χ4n) is 3.45. The molecule has 0 aliphatic heterocycles. The highest BCUT2D eigenvalue weighted by Crippen LogP contribution is 2.36. The number of hydrogen-bond acceptors (Lipinski definition) is 2. The molecule has 0 N–H and O–H groups in total. The number of unbranched alkanes of at least 4 members (excludes halogenated alkanes) is 6. The van der Waals surface area contributed by atoms with Crippen molar-refractivity contribution in [3.63, 3.8) is 0 Å². The largest absolute Gasteiger partial charge is 0.241 e. The van der Waals surface area contributed by atoms with Crippen LogP contribution in [0, 0.1) is 13.8 Å². The van der Waals surface area contributed by atoms with E-state index >= 15 is 0 Å². The second-order valence-electron chi connectivity index (χ2n) is 7.10. The maximum atomic E-state index is 4.62. The van der Waals surface area contributed by atoms with Gasteiger partial charge in [0.15, 0.2) is 0 Å². The van der Waals surface area contributed by atoms with Gasteiger partial charge in [-0.3, -0.25) is 0 Å². The van der Waals surface area contributed by atoms with Crippen LogP contribution in [0.1, 0.15) is 102 Å². The van der Waals surface area contributed by atoms with Crippen LogP contribution in [0.4, 0.5) is 0 Å². The lowest BCUT2D eigenvalue weighted by atomic mass is 9.74. The average Bonchev–Trinajstić information content (AvgIpc) is 2.48. The van der Waals surface area contributed by atoms with E-state index in [-0.39, 0.29) is 5.41 Å². The number of rotatable bonds is 11. The minimum atomic E-state index is 0.249. The SMILES string of the molecule is CCCCCCC(C)(CCCCCC)c1cnc(C)nc1C. The van der Waals surface area contributed by atoms with Gasteiger partial charge in [-0.2, -0.15) is 0 Å². The van der Waals surface area contributed by atoms with Crippen molar-refractivity contribution in [1.29, 1.82) is 0 Å². The molecule has 2 nitrogen and oxygen atoms in total. The van der Waals surface area contributed by atoms with E-state index in [1.165, 1.54) is 75.5 Å². The quantitative estimate of drug-likeness (QED) is 0.449. The fourth-order valence-corrected chi connectivity index (χ4v) is 3.45. The molecule has 1 rings (SSSR count). The van der Waals surface area contributed by atoms with Crippen LogP contribution < -0.4 is 0 Å². The molecule has 0 saturated heterocycles. The normalized spacial score (nSPS) is 11.9. The number of aryl methyl sites for hydroxylation is 2. The summed E-state index contributed by atoms with van der Waals surface area (Å²) in [7, 11) is 0. The summed E-state index contributed by atoms with van der Waals surface area (Å²) in [5, 5.41) is 0. The molecule has 0 amide bonds. The standard InChI is InChI=1S/C20H36N2/c1-6-8-10-12-14-20(5,15-13-11-9-7-2)19-16-21-18(4)22-17(19)3/h16H,6-15H2,1-5H3. The van der Waals surface area contributed by atoms with Crippen molar-refractivity contribution in [2.75, 3.05) is 0 Å². The zero-order valence-corrected chi connectivity index (χ0v) is 15.5. The van der Waals surface area contributed by atoms with Crippen molar-refractivity contribution in [1.82, 2.24) is 9.97 Å². The van der Waals surface area contributed by atoms with Crippen LogP contribution in [0.5, 0.6) is 0 Å². The summed E-state index contributed by atoms with van der Waals surface area (Å²) in [6.07, 6.45) is 15.3. The molecule has 0 unspecified atom stereocenters. The van der Waals surface area contributed by atoms with Gasteiger partial charge in [0.2, 0.25) is 0 Å². The van der Waals surface area contributed by atoms with Crippen LogP contribution in [0.25, 0.3) is 0 Å². The summed E-state index contributed by atoms with van der Waals surface area (Å²) in [5.74, 6) is 0.889. The smallest absolute Gasteiger partial charge is 0.125 e. The number of aromatic nitrogens is 2. The molecule has 2 heteroatoms. The molecule has 0 aliphatic rings. The highest BCUT2D eigenvalue weighted by Gasteiger charge is 2.28. The molecular weight excluding hydrogens is 268 g/mol. The molecule has 1 aromatic rings. The molecule has 22 heavy (non-hydrogen) atoms. The van der Waals surface area contributed by atoms with Gasteiger partial charge in [0.1, 0.15) is 5.82 Å². The van der Waals surface area contributed by atoms with Gasteiger partial charge in [0, 0.05) is 11.9 Å². The first kappa shape index (κ1) is 19.1.